The number of carbonyl (C=O) groups is 1. The third-order valence-corrected chi connectivity index (χ3v) is 4.24. The smallest absolute Gasteiger partial charge is 0.235 e. The van der Waals surface area contributed by atoms with Crippen molar-refractivity contribution >= 4 is 11.6 Å². The first-order valence-corrected chi connectivity index (χ1v) is 7.14. The average molecular weight is 265 g/mol. The van der Waals surface area contributed by atoms with Crippen LogP contribution in [0.3, 0.4) is 0 Å². The van der Waals surface area contributed by atoms with Crippen molar-refractivity contribution in [2.45, 2.75) is 31.6 Å². The lowest BCUT2D eigenvalue weighted by Crippen LogP contribution is -2.45. The van der Waals surface area contributed by atoms with Gasteiger partial charge in [0.1, 0.15) is 0 Å². The van der Waals surface area contributed by atoms with E-state index in [0.29, 0.717) is 0 Å². The van der Waals surface area contributed by atoms with Gasteiger partial charge in [-0.25, -0.2) is 0 Å². The van der Waals surface area contributed by atoms with E-state index in [1.807, 2.05) is 49.4 Å². The van der Waals surface area contributed by atoms with Crippen LogP contribution in [0, 0.1) is 6.92 Å². The van der Waals surface area contributed by atoms with Crippen molar-refractivity contribution in [2.75, 3.05) is 5.32 Å². The third-order valence-electron chi connectivity index (χ3n) is 4.24. The molecule has 0 radical (unpaired) electrons. The number of hydrogen-bond acceptors (Lipinski definition) is 1. The predicted octanol–water partition coefficient (Wildman–Crippen LogP) is 4.06. The van der Waals surface area contributed by atoms with Crippen molar-refractivity contribution in [3.63, 3.8) is 0 Å². The van der Waals surface area contributed by atoms with Crippen molar-refractivity contribution in [3.8, 4) is 0 Å². The zero-order valence-electron chi connectivity index (χ0n) is 11.7. The summed E-state index contributed by atoms with van der Waals surface area (Å²) in [6.07, 6.45) is 3.00. The van der Waals surface area contributed by atoms with E-state index in [1.54, 1.807) is 0 Å². The lowest BCUT2D eigenvalue weighted by atomic mass is 9.64. The molecular weight excluding hydrogens is 246 g/mol. The topological polar surface area (TPSA) is 29.1 Å². The lowest BCUT2D eigenvalue weighted by molar-refractivity contribution is -0.124. The molecule has 2 nitrogen and oxygen atoms in total. The minimum absolute atomic E-state index is 0.126. The Morgan fingerprint density at radius 3 is 2.40 bits per heavy atom. The van der Waals surface area contributed by atoms with Crippen LogP contribution in [-0.2, 0) is 10.2 Å². The fourth-order valence-electron chi connectivity index (χ4n) is 2.91. The van der Waals surface area contributed by atoms with Gasteiger partial charge < -0.3 is 5.32 Å². The number of hydrogen-bond donors (Lipinski definition) is 1. The van der Waals surface area contributed by atoms with Crippen molar-refractivity contribution in [1.82, 2.24) is 0 Å². The van der Waals surface area contributed by atoms with Crippen LogP contribution in [0.25, 0.3) is 0 Å². The number of anilines is 1. The molecule has 0 bridgehead atoms. The van der Waals surface area contributed by atoms with Gasteiger partial charge in [0.2, 0.25) is 5.91 Å². The summed E-state index contributed by atoms with van der Waals surface area (Å²) < 4.78 is 0. The van der Waals surface area contributed by atoms with Crippen molar-refractivity contribution in [2.24, 2.45) is 0 Å². The van der Waals surface area contributed by atoms with Crippen LogP contribution in [0.4, 0.5) is 5.69 Å². The molecule has 2 aromatic carbocycles. The van der Waals surface area contributed by atoms with E-state index in [0.717, 1.165) is 36.1 Å². The zero-order valence-corrected chi connectivity index (χ0v) is 11.7. The molecule has 1 saturated carbocycles. The fourth-order valence-corrected chi connectivity index (χ4v) is 2.91. The standard InChI is InChI=1S/C18H19NO/c1-14-7-5-10-16(13-14)19-17(20)18(11-6-12-18)15-8-3-2-4-9-15/h2-5,7-10,13H,6,11-12H2,1H3,(H,19,20). The number of carbonyl (C=O) groups excluding carboxylic acids is 1. The first-order chi connectivity index (χ1) is 9.71. The summed E-state index contributed by atoms with van der Waals surface area (Å²) in [7, 11) is 0. The van der Waals surface area contributed by atoms with Crippen LogP contribution in [0.1, 0.15) is 30.4 Å². The highest BCUT2D eigenvalue weighted by Crippen LogP contribution is 2.44. The van der Waals surface area contributed by atoms with E-state index in [4.69, 9.17) is 0 Å². The molecule has 0 atom stereocenters. The molecular formula is C18H19NO. The predicted molar refractivity (Wildman–Crippen MR) is 81.8 cm³/mol. The number of benzene rings is 2. The lowest BCUT2D eigenvalue weighted by Gasteiger charge is -2.40. The van der Waals surface area contributed by atoms with E-state index in [1.165, 1.54) is 0 Å². The molecule has 1 amide bonds. The van der Waals surface area contributed by atoms with Gasteiger partial charge in [0.05, 0.1) is 5.41 Å². The molecule has 0 aliphatic heterocycles. The highest BCUT2D eigenvalue weighted by atomic mass is 16.2. The van der Waals surface area contributed by atoms with Crippen LogP contribution < -0.4 is 5.32 Å². The van der Waals surface area contributed by atoms with E-state index in [9.17, 15) is 4.79 Å². The summed E-state index contributed by atoms with van der Waals surface area (Å²) in [4.78, 5) is 12.7. The van der Waals surface area contributed by atoms with Crippen molar-refractivity contribution in [3.05, 3.63) is 65.7 Å². The number of rotatable bonds is 3. The molecule has 0 saturated heterocycles. The summed E-state index contributed by atoms with van der Waals surface area (Å²) >= 11 is 0. The molecule has 0 spiro atoms. The van der Waals surface area contributed by atoms with Crippen molar-refractivity contribution in [1.29, 1.82) is 0 Å². The number of amides is 1. The van der Waals surface area contributed by atoms with Gasteiger partial charge >= 0.3 is 0 Å². The Bertz CT molecular complexity index is 614. The average Bonchev–Trinajstić information content (AvgIpc) is 2.38. The Labute approximate surface area is 119 Å². The number of nitrogens with one attached hydrogen (secondary N) is 1. The SMILES string of the molecule is Cc1cccc(NC(=O)C2(c3ccccc3)CCC2)c1. The normalized spacial score (nSPS) is 16.2. The molecule has 20 heavy (non-hydrogen) atoms. The molecule has 0 unspecified atom stereocenters. The highest BCUT2D eigenvalue weighted by molar-refractivity contribution is 5.99. The molecule has 0 heterocycles. The number of aryl methyl sites for hydroxylation is 1. The second-order valence-corrected chi connectivity index (χ2v) is 5.63. The third kappa shape index (κ3) is 2.22. The van der Waals surface area contributed by atoms with E-state index < -0.39 is 0 Å². The van der Waals surface area contributed by atoms with Crippen molar-refractivity contribution < 1.29 is 4.79 Å². The van der Waals surface area contributed by atoms with Crippen LogP contribution in [0.2, 0.25) is 0 Å². The van der Waals surface area contributed by atoms with Crippen LogP contribution in [0.5, 0.6) is 0 Å². The van der Waals surface area contributed by atoms with Gasteiger partial charge in [0.15, 0.2) is 0 Å². The maximum absolute atomic E-state index is 12.7. The Morgan fingerprint density at radius 1 is 1.05 bits per heavy atom. The van der Waals surface area contributed by atoms with E-state index in [-0.39, 0.29) is 11.3 Å². The first-order valence-electron chi connectivity index (χ1n) is 7.14. The summed E-state index contributed by atoms with van der Waals surface area (Å²) in [5.41, 5.74) is 2.85. The Kier molecular flexibility index (Phi) is 3.31. The van der Waals surface area contributed by atoms with Gasteiger partial charge in [-0.05, 0) is 43.0 Å². The van der Waals surface area contributed by atoms with Gasteiger partial charge in [-0.2, -0.15) is 0 Å². The van der Waals surface area contributed by atoms with Crippen LogP contribution in [0.15, 0.2) is 54.6 Å². The first kappa shape index (κ1) is 12.9. The maximum Gasteiger partial charge on any atom is 0.235 e. The maximum atomic E-state index is 12.7. The van der Waals surface area contributed by atoms with Gasteiger partial charge in [-0.15, -0.1) is 0 Å². The van der Waals surface area contributed by atoms with Gasteiger partial charge in [0, 0.05) is 5.69 Å². The molecule has 0 aromatic heterocycles. The fraction of sp³-hybridized carbons (Fsp3) is 0.278. The molecule has 2 heteroatoms. The molecule has 1 fully saturated rings. The van der Waals surface area contributed by atoms with Gasteiger partial charge in [0.25, 0.3) is 0 Å². The molecule has 1 aliphatic carbocycles. The summed E-state index contributed by atoms with van der Waals surface area (Å²) in [6, 6.07) is 18.1. The summed E-state index contributed by atoms with van der Waals surface area (Å²) in [5.74, 6) is 0.126. The highest BCUT2D eigenvalue weighted by Gasteiger charge is 2.45. The molecule has 1 N–H and O–H groups in total. The zero-order chi connectivity index (χ0) is 14.0. The Hall–Kier alpha value is -2.09. The van der Waals surface area contributed by atoms with Crippen LogP contribution in [-0.4, -0.2) is 5.91 Å². The summed E-state index contributed by atoms with van der Waals surface area (Å²) in [6.45, 7) is 2.03. The minimum Gasteiger partial charge on any atom is -0.325 e. The second-order valence-electron chi connectivity index (χ2n) is 5.63. The monoisotopic (exact) mass is 265 g/mol. The quantitative estimate of drug-likeness (QED) is 0.891. The van der Waals surface area contributed by atoms with E-state index >= 15 is 0 Å². The molecule has 2 aromatic rings. The Morgan fingerprint density at radius 2 is 1.80 bits per heavy atom. The van der Waals surface area contributed by atoms with E-state index in [2.05, 4.69) is 17.4 Å². The van der Waals surface area contributed by atoms with Gasteiger partial charge in [-0.3, -0.25) is 4.79 Å². The second kappa shape index (κ2) is 5.12. The van der Waals surface area contributed by atoms with Gasteiger partial charge in [-0.1, -0.05) is 48.9 Å². The van der Waals surface area contributed by atoms with Crippen LogP contribution >= 0.6 is 0 Å². The molecule has 1 aliphatic rings. The molecule has 102 valence electrons. The molecule has 3 rings (SSSR count). The Balaban J connectivity index is 1.85. The largest absolute Gasteiger partial charge is 0.325 e. The summed E-state index contributed by atoms with van der Waals surface area (Å²) in [5, 5.41) is 3.09. The minimum atomic E-state index is -0.328.